The minimum atomic E-state index is -0.182. The Kier molecular flexibility index (Phi) is 6.65. The molecular weight excluding hydrogens is 376 g/mol. The second kappa shape index (κ2) is 9.58. The smallest absolute Gasteiger partial charge is 0.277 e. The van der Waals surface area contributed by atoms with Crippen molar-refractivity contribution < 1.29 is 13.9 Å². The first-order chi connectivity index (χ1) is 13.7. The van der Waals surface area contributed by atoms with Crippen LogP contribution in [0.1, 0.15) is 12.5 Å². The van der Waals surface area contributed by atoms with Crippen LogP contribution in [0.5, 0.6) is 5.75 Å². The largest absolute Gasteiger partial charge is 0.494 e. The van der Waals surface area contributed by atoms with Crippen molar-refractivity contribution in [1.82, 2.24) is 10.2 Å². The van der Waals surface area contributed by atoms with E-state index in [1.807, 2.05) is 43.3 Å². The normalized spacial score (nSPS) is 10.3. The number of hydrogen-bond donors (Lipinski definition) is 1. The summed E-state index contributed by atoms with van der Waals surface area (Å²) in [7, 11) is 0. The van der Waals surface area contributed by atoms with Gasteiger partial charge in [-0.3, -0.25) is 4.79 Å². The number of carbonyl (C=O) groups excluding carboxylic acids is 1. The molecule has 0 fully saturated rings. The van der Waals surface area contributed by atoms with Gasteiger partial charge in [-0.15, -0.1) is 10.2 Å². The van der Waals surface area contributed by atoms with Gasteiger partial charge in [-0.05, 0) is 48.9 Å². The monoisotopic (exact) mass is 394 g/mol. The number of anilines is 1. The molecule has 3 rings (SSSR count). The zero-order chi connectivity index (χ0) is 19.8. The van der Waals surface area contributed by atoms with Crippen LogP contribution in [0.2, 0.25) is 0 Å². The third kappa shape index (κ3) is 5.34. The summed E-state index contributed by atoms with van der Waals surface area (Å²) in [6.07, 6.45) is 0.345. The van der Waals surface area contributed by atoms with Crippen LogP contribution in [0.3, 0.4) is 0 Å². The molecule has 0 aliphatic carbocycles. The maximum Gasteiger partial charge on any atom is 0.277 e. The van der Waals surface area contributed by atoms with Crippen molar-refractivity contribution in [2.75, 3.05) is 17.7 Å². The van der Waals surface area contributed by atoms with E-state index < -0.39 is 0 Å². The molecule has 28 heavy (non-hydrogen) atoms. The molecule has 0 saturated carbocycles. The van der Waals surface area contributed by atoms with Crippen LogP contribution >= 0.6 is 11.8 Å². The first-order valence-electron chi connectivity index (χ1n) is 8.63. The Labute approximate surface area is 166 Å². The van der Waals surface area contributed by atoms with E-state index in [1.165, 1.54) is 11.8 Å². The third-order valence-corrected chi connectivity index (χ3v) is 4.48. The number of nitriles is 1. The number of hydrogen-bond acceptors (Lipinski definition) is 7. The molecule has 0 aliphatic heterocycles. The Morgan fingerprint density at radius 1 is 1.18 bits per heavy atom. The highest BCUT2D eigenvalue weighted by atomic mass is 32.2. The number of amides is 1. The summed E-state index contributed by atoms with van der Waals surface area (Å²) in [6, 6.07) is 16.6. The second-order valence-electron chi connectivity index (χ2n) is 5.70. The highest BCUT2D eigenvalue weighted by Crippen LogP contribution is 2.25. The lowest BCUT2D eigenvalue weighted by Crippen LogP contribution is -2.13. The van der Waals surface area contributed by atoms with Gasteiger partial charge < -0.3 is 14.5 Å². The minimum absolute atomic E-state index is 0.144. The second-order valence-corrected chi connectivity index (χ2v) is 6.63. The Balaban J connectivity index is 1.52. The summed E-state index contributed by atoms with van der Waals surface area (Å²) < 4.78 is 11.0. The lowest BCUT2D eigenvalue weighted by Gasteiger charge is -2.04. The quantitative estimate of drug-likeness (QED) is 0.578. The molecule has 0 aliphatic rings. The Morgan fingerprint density at radius 3 is 2.61 bits per heavy atom. The predicted octanol–water partition coefficient (Wildman–Crippen LogP) is 3.93. The van der Waals surface area contributed by atoms with Gasteiger partial charge in [0.2, 0.25) is 11.8 Å². The van der Waals surface area contributed by atoms with Gasteiger partial charge in [0.15, 0.2) is 0 Å². The molecule has 1 amide bonds. The average Bonchev–Trinajstić information content (AvgIpc) is 3.18. The molecular formula is C20H18N4O3S. The Morgan fingerprint density at radius 2 is 1.93 bits per heavy atom. The number of thioether (sulfide) groups is 1. The SMILES string of the molecule is CCOc1ccc(-c2nnc(SCC(=O)Nc3ccc(CC#N)cc3)o2)cc1. The molecule has 0 spiro atoms. The van der Waals surface area contributed by atoms with Crippen LogP contribution in [0.15, 0.2) is 58.2 Å². The first kappa shape index (κ1) is 19.5. The van der Waals surface area contributed by atoms with E-state index in [-0.39, 0.29) is 11.7 Å². The lowest BCUT2D eigenvalue weighted by molar-refractivity contribution is -0.113. The molecule has 0 saturated heterocycles. The summed E-state index contributed by atoms with van der Waals surface area (Å²) in [5, 5.41) is 19.8. The summed E-state index contributed by atoms with van der Waals surface area (Å²) in [6.45, 7) is 2.53. The molecule has 2 aromatic carbocycles. The maximum absolute atomic E-state index is 12.1. The summed E-state index contributed by atoms with van der Waals surface area (Å²) in [5.74, 6) is 1.13. The number of benzene rings is 2. The number of nitrogens with zero attached hydrogens (tertiary/aromatic N) is 3. The van der Waals surface area contributed by atoms with E-state index in [0.717, 1.165) is 16.9 Å². The fourth-order valence-electron chi connectivity index (χ4n) is 2.37. The van der Waals surface area contributed by atoms with Gasteiger partial charge in [0.05, 0.1) is 24.8 Å². The molecule has 0 bridgehead atoms. The van der Waals surface area contributed by atoms with Crippen LogP contribution < -0.4 is 10.1 Å². The minimum Gasteiger partial charge on any atom is -0.494 e. The summed E-state index contributed by atoms with van der Waals surface area (Å²) in [5.41, 5.74) is 2.36. The number of carbonyl (C=O) groups is 1. The van der Waals surface area contributed by atoms with E-state index in [1.54, 1.807) is 12.1 Å². The molecule has 0 atom stereocenters. The molecule has 3 aromatic rings. The predicted molar refractivity (Wildman–Crippen MR) is 106 cm³/mol. The van der Waals surface area contributed by atoms with Crippen molar-refractivity contribution in [3.05, 3.63) is 54.1 Å². The van der Waals surface area contributed by atoms with E-state index in [2.05, 4.69) is 21.6 Å². The van der Waals surface area contributed by atoms with Gasteiger partial charge in [0.1, 0.15) is 5.75 Å². The third-order valence-electron chi connectivity index (χ3n) is 3.67. The summed E-state index contributed by atoms with van der Waals surface area (Å²) in [4.78, 5) is 12.1. The van der Waals surface area contributed by atoms with Crippen molar-refractivity contribution in [1.29, 1.82) is 5.26 Å². The first-order valence-corrected chi connectivity index (χ1v) is 9.61. The number of aromatic nitrogens is 2. The molecule has 7 nitrogen and oxygen atoms in total. The molecule has 8 heteroatoms. The Hall–Kier alpha value is -3.31. The van der Waals surface area contributed by atoms with Crippen LogP contribution in [-0.2, 0) is 11.2 Å². The van der Waals surface area contributed by atoms with Crippen LogP contribution in [0.25, 0.3) is 11.5 Å². The lowest BCUT2D eigenvalue weighted by atomic mass is 10.1. The van der Waals surface area contributed by atoms with Crippen molar-refractivity contribution in [2.45, 2.75) is 18.6 Å². The Bertz CT molecular complexity index is 962. The van der Waals surface area contributed by atoms with Crippen molar-refractivity contribution in [3.8, 4) is 23.3 Å². The number of nitrogens with one attached hydrogen (secondary N) is 1. The summed E-state index contributed by atoms with van der Waals surface area (Å²) >= 11 is 1.17. The van der Waals surface area contributed by atoms with Gasteiger partial charge in [-0.1, -0.05) is 23.9 Å². The number of ether oxygens (including phenoxy) is 1. The molecule has 142 valence electrons. The molecule has 0 unspecified atom stereocenters. The fraction of sp³-hybridized carbons (Fsp3) is 0.200. The molecule has 1 N–H and O–H groups in total. The molecule has 1 aromatic heterocycles. The average molecular weight is 394 g/mol. The van der Waals surface area contributed by atoms with Gasteiger partial charge in [0, 0.05) is 11.3 Å². The zero-order valence-corrected chi connectivity index (χ0v) is 16.0. The zero-order valence-electron chi connectivity index (χ0n) is 15.2. The highest BCUT2D eigenvalue weighted by molar-refractivity contribution is 7.99. The van der Waals surface area contributed by atoms with Crippen LogP contribution in [-0.4, -0.2) is 28.5 Å². The van der Waals surface area contributed by atoms with Gasteiger partial charge >= 0.3 is 0 Å². The van der Waals surface area contributed by atoms with Gasteiger partial charge in [-0.2, -0.15) is 5.26 Å². The number of rotatable bonds is 8. The van der Waals surface area contributed by atoms with Crippen LogP contribution in [0, 0.1) is 11.3 Å². The standard InChI is InChI=1S/C20H18N4O3S/c1-2-26-17-9-5-15(6-10-17)19-23-24-20(27-19)28-13-18(25)22-16-7-3-14(4-8-16)11-12-21/h3-10H,2,11,13H2,1H3,(H,22,25). The van der Waals surface area contributed by atoms with E-state index in [4.69, 9.17) is 14.4 Å². The fourth-order valence-corrected chi connectivity index (χ4v) is 2.93. The van der Waals surface area contributed by atoms with E-state index >= 15 is 0 Å². The van der Waals surface area contributed by atoms with Crippen molar-refractivity contribution in [2.24, 2.45) is 0 Å². The van der Waals surface area contributed by atoms with Crippen LogP contribution in [0.4, 0.5) is 5.69 Å². The van der Waals surface area contributed by atoms with E-state index in [0.29, 0.717) is 29.8 Å². The topological polar surface area (TPSA) is 101 Å². The highest BCUT2D eigenvalue weighted by Gasteiger charge is 2.11. The molecule has 0 radical (unpaired) electrons. The van der Waals surface area contributed by atoms with Crippen molar-refractivity contribution >= 4 is 23.4 Å². The van der Waals surface area contributed by atoms with E-state index in [9.17, 15) is 4.79 Å². The molecule has 1 heterocycles. The maximum atomic E-state index is 12.1. The van der Waals surface area contributed by atoms with Gasteiger partial charge in [-0.25, -0.2) is 0 Å². The van der Waals surface area contributed by atoms with Crippen molar-refractivity contribution in [3.63, 3.8) is 0 Å². The van der Waals surface area contributed by atoms with Gasteiger partial charge in [0.25, 0.3) is 5.22 Å².